The SMILES string of the molecule is CC1(C)CCc2sc(-c3ccc(N)cc3)nc21. The highest BCUT2D eigenvalue weighted by molar-refractivity contribution is 7.15. The maximum Gasteiger partial charge on any atom is 0.123 e. The van der Waals surface area contributed by atoms with Crippen molar-refractivity contribution in [2.75, 3.05) is 5.73 Å². The van der Waals surface area contributed by atoms with Crippen molar-refractivity contribution in [3.63, 3.8) is 0 Å². The lowest BCUT2D eigenvalue weighted by atomic mass is 9.91. The van der Waals surface area contributed by atoms with E-state index in [4.69, 9.17) is 10.7 Å². The van der Waals surface area contributed by atoms with Crippen molar-refractivity contribution in [3.05, 3.63) is 34.8 Å². The van der Waals surface area contributed by atoms with Crippen LogP contribution in [0.4, 0.5) is 5.69 Å². The number of aryl methyl sites for hydroxylation is 1. The first-order valence-corrected chi connectivity index (χ1v) is 6.74. The first-order chi connectivity index (χ1) is 8.06. The van der Waals surface area contributed by atoms with Gasteiger partial charge in [0.1, 0.15) is 5.01 Å². The van der Waals surface area contributed by atoms with E-state index in [9.17, 15) is 0 Å². The normalized spacial score (nSPS) is 17.1. The summed E-state index contributed by atoms with van der Waals surface area (Å²) in [4.78, 5) is 6.28. The van der Waals surface area contributed by atoms with E-state index in [0.29, 0.717) is 0 Å². The number of nitrogens with two attached hydrogens (primary N) is 1. The van der Waals surface area contributed by atoms with Crippen LogP contribution < -0.4 is 5.73 Å². The molecule has 3 heteroatoms. The van der Waals surface area contributed by atoms with Crippen molar-refractivity contribution in [1.82, 2.24) is 4.98 Å². The Labute approximate surface area is 106 Å². The minimum atomic E-state index is 0.248. The van der Waals surface area contributed by atoms with Crippen molar-refractivity contribution in [3.8, 4) is 10.6 Å². The number of thiazole rings is 1. The number of benzene rings is 1. The van der Waals surface area contributed by atoms with Crippen molar-refractivity contribution in [2.24, 2.45) is 0 Å². The maximum atomic E-state index is 5.70. The van der Waals surface area contributed by atoms with Gasteiger partial charge >= 0.3 is 0 Å². The number of aromatic nitrogens is 1. The molecule has 0 fully saturated rings. The second kappa shape index (κ2) is 3.57. The Kier molecular flexibility index (Phi) is 2.26. The lowest BCUT2D eigenvalue weighted by Crippen LogP contribution is -2.12. The molecule has 17 heavy (non-hydrogen) atoms. The first kappa shape index (κ1) is 10.8. The van der Waals surface area contributed by atoms with Gasteiger partial charge in [-0.3, -0.25) is 0 Å². The van der Waals surface area contributed by atoms with E-state index in [1.54, 1.807) is 0 Å². The zero-order valence-corrected chi connectivity index (χ0v) is 11.0. The van der Waals surface area contributed by atoms with Crippen LogP contribution in [-0.4, -0.2) is 4.98 Å². The van der Waals surface area contributed by atoms with Gasteiger partial charge in [-0.25, -0.2) is 4.98 Å². The predicted molar refractivity (Wildman–Crippen MR) is 73.3 cm³/mol. The van der Waals surface area contributed by atoms with Crippen LogP contribution in [0, 0.1) is 0 Å². The molecule has 0 saturated heterocycles. The third-order valence-corrected chi connectivity index (χ3v) is 4.64. The first-order valence-electron chi connectivity index (χ1n) is 5.92. The van der Waals surface area contributed by atoms with Gasteiger partial charge in [0.15, 0.2) is 0 Å². The molecule has 1 aliphatic rings. The summed E-state index contributed by atoms with van der Waals surface area (Å²) in [5.41, 5.74) is 9.23. The molecule has 0 radical (unpaired) electrons. The van der Waals surface area contributed by atoms with Crippen molar-refractivity contribution in [2.45, 2.75) is 32.1 Å². The van der Waals surface area contributed by atoms with Gasteiger partial charge in [0.05, 0.1) is 5.69 Å². The molecule has 0 saturated carbocycles. The average Bonchev–Trinajstić information content (AvgIpc) is 2.82. The molecule has 0 amide bonds. The fraction of sp³-hybridized carbons (Fsp3) is 0.357. The zero-order chi connectivity index (χ0) is 12.0. The Balaban J connectivity index is 2.04. The Morgan fingerprint density at radius 2 is 1.94 bits per heavy atom. The van der Waals surface area contributed by atoms with E-state index in [2.05, 4.69) is 26.0 Å². The quantitative estimate of drug-likeness (QED) is 0.778. The molecule has 1 heterocycles. The largest absolute Gasteiger partial charge is 0.399 e. The van der Waals surface area contributed by atoms with E-state index >= 15 is 0 Å². The summed E-state index contributed by atoms with van der Waals surface area (Å²) < 4.78 is 0. The Bertz CT molecular complexity index is 552. The lowest BCUT2D eigenvalue weighted by Gasteiger charge is -2.15. The van der Waals surface area contributed by atoms with Gasteiger partial charge in [0.2, 0.25) is 0 Å². The second-order valence-corrected chi connectivity index (χ2v) is 6.38. The number of anilines is 1. The Hall–Kier alpha value is -1.35. The minimum absolute atomic E-state index is 0.248. The van der Waals surface area contributed by atoms with Gasteiger partial charge in [-0.05, 0) is 37.1 Å². The Morgan fingerprint density at radius 1 is 1.24 bits per heavy atom. The highest BCUT2D eigenvalue weighted by atomic mass is 32.1. The van der Waals surface area contributed by atoms with Crippen LogP contribution in [0.2, 0.25) is 0 Å². The maximum absolute atomic E-state index is 5.70. The fourth-order valence-electron chi connectivity index (χ4n) is 2.34. The molecule has 1 aromatic heterocycles. The molecule has 88 valence electrons. The zero-order valence-electron chi connectivity index (χ0n) is 10.2. The molecule has 1 aliphatic carbocycles. The lowest BCUT2D eigenvalue weighted by molar-refractivity contribution is 0.510. The highest BCUT2D eigenvalue weighted by Crippen LogP contribution is 2.42. The third-order valence-electron chi connectivity index (χ3n) is 3.47. The molecule has 0 bridgehead atoms. The number of hydrogen-bond donors (Lipinski definition) is 1. The standard InChI is InChI=1S/C14H16N2S/c1-14(2)8-7-11-12(14)16-13(17-11)9-3-5-10(15)6-4-9/h3-6H,7-8,15H2,1-2H3. The summed E-state index contributed by atoms with van der Waals surface area (Å²) in [5, 5.41) is 1.13. The van der Waals surface area contributed by atoms with Crippen LogP contribution in [0.25, 0.3) is 10.6 Å². The third kappa shape index (κ3) is 1.75. The average molecular weight is 244 g/mol. The summed E-state index contributed by atoms with van der Waals surface area (Å²) in [7, 11) is 0. The number of hydrogen-bond acceptors (Lipinski definition) is 3. The Morgan fingerprint density at radius 3 is 2.59 bits per heavy atom. The van der Waals surface area contributed by atoms with Crippen LogP contribution in [0.3, 0.4) is 0 Å². The molecule has 0 spiro atoms. The smallest absolute Gasteiger partial charge is 0.123 e. The van der Waals surface area contributed by atoms with Crippen LogP contribution >= 0.6 is 11.3 Å². The van der Waals surface area contributed by atoms with E-state index in [-0.39, 0.29) is 5.41 Å². The van der Waals surface area contributed by atoms with E-state index < -0.39 is 0 Å². The highest BCUT2D eigenvalue weighted by Gasteiger charge is 2.33. The fourth-order valence-corrected chi connectivity index (χ4v) is 3.59. The molecule has 1 aromatic carbocycles. The van der Waals surface area contributed by atoms with Crippen LogP contribution in [0.5, 0.6) is 0 Å². The summed E-state index contributed by atoms with van der Waals surface area (Å²) in [6.07, 6.45) is 2.40. The summed E-state index contributed by atoms with van der Waals surface area (Å²) in [6, 6.07) is 7.98. The predicted octanol–water partition coefficient (Wildman–Crippen LogP) is 3.62. The summed E-state index contributed by atoms with van der Waals surface area (Å²) in [5.74, 6) is 0. The van der Waals surface area contributed by atoms with Gasteiger partial charge in [-0.2, -0.15) is 0 Å². The van der Waals surface area contributed by atoms with Gasteiger partial charge < -0.3 is 5.73 Å². The van der Waals surface area contributed by atoms with E-state index in [0.717, 1.165) is 10.7 Å². The van der Waals surface area contributed by atoms with Gasteiger partial charge in [0.25, 0.3) is 0 Å². The number of nitrogens with zero attached hydrogens (tertiary/aromatic N) is 1. The van der Waals surface area contributed by atoms with Gasteiger partial charge in [-0.1, -0.05) is 13.8 Å². The van der Waals surface area contributed by atoms with Crippen LogP contribution in [0.1, 0.15) is 30.8 Å². The van der Waals surface area contributed by atoms with Crippen LogP contribution in [-0.2, 0) is 11.8 Å². The van der Waals surface area contributed by atoms with Crippen molar-refractivity contribution in [1.29, 1.82) is 0 Å². The van der Waals surface area contributed by atoms with Gasteiger partial charge in [0, 0.05) is 21.5 Å². The molecule has 2 aromatic rings. The monoisotopic (exact) mass is 244 g/mol. The topological polar surface area (TPSA) is 38.9 Å². The summed E-state index contributed by atoms with van der Waals surface area (Å²) >= 11 is 1.83. The molecule has 0 atom stereocenters. The molecular weight excluding hydrogens is 228 g/mol. The number of rotatable bonds is 1. The van der Waals surface area contributed by atoms with Crippen LogP contribution in [0.15, 0.2) is 24.3 Å². The van der Waals surface area contributed by atoms with Crippen molar-refractivity contribution >= 4 is 17.0 Å². The van der Waals surface area contributed by atoms with Crippen molar-refractivity contribution < 1.29 is 0 Å². The van der Waals surface area contributed by atoms with E-state index in [1.165, 1.54) is 29.0 Å². The molecule has 2 N–H and O–H groups in total. The van der Waals surface area contributed by atoms with Gasteiger partial charge in [-0.15, -0.1) is 11.3 Å². The number of nitrogen functional groups attached to an aromatic ring is 1. The van der Waals surface area contributed by atoms with E-state index in [1.807, 2.05) is 23.5 Å². The molecular formula is C14H16N2S. The second-order valence-electron chi connectivity index (χ2n) is 5.30. The molecule has 0 aliphatic heterocycles. The number of fused-ring (bicyclic) bond motifs is 1. The molecule has 3 rings (SSSR count). The minimum Gasteiger partial charge on any atom is -0.399 e. The summed E-state index contributed by atoms with van der Waals surface area (Å²) in [6.45, 7) is 4.57. The molecule has 2 nitrogen and oxygen atoms in total. The molecule has 0 unspecified atom stereocenters.